The van der Waals surface area contributed by atoms with Crippen molar-refractivity contribution < 1.29 is 17.6 Å². The van der Waals surface area contributed by atoms with Gasteiger partial charge in [0.25, 0.3) is 0 Å². The van der Waals surface area contributed by atoms with Gasteiger partial charge in [-0.15, -0.1) is 0 Å². The molecule has 1 aromatic heterocycles. The summed E-state index contributed by atoms with van der Waals surface area (Å²) in [7, 11) is -2.37. The number of nitrogens with zero attached hydrogens (tertiary/aromatic N) is 1. The predicted octanol–water partition coefficient (Wildman–Crippen LogP) is 5.78. The molecule has 3 aromatic carbocycles. The van der Waals surface area contributed by atoms with Gasteiger partial charge in [-0.25, -0.2) is 13.4 Å². The van der Waals surface area contributed by atoms with Crippen molar-refractivity contribution in [2.24, 2.45) is 4.99 Å². The Labute approximate surface area is 185 Å². The van der Waals surface area contributed by atoms with Crippen LogP contribution in [-0.4, -0.2) is 15.5 Å². The highest BCUT2D eigenvalue weighted by molar-refractivity contribution is 7.91. The van der Waals surface area contributed by atoms with Crippen molar-refractivity contribution in [1.29, 1.82) is 0 Å². The molecule has 5 nitrogen and oxygen atoms in total. The molecule has 0 aliphatic rings. The molecule has 0 saturated heterocycles. The largest absolute Gasteiger partial charge is 0.493 e. The van der Waals surface area contributed by atoms with Gasteiger partial charge >= 0.3 is 0 Å². The van der Waals surface area contributed by atoms with E-state index in [2.05, 4.69) is 4.99 Å². The standard InChI is InChI=1S/C24H20ClNO4S/c1-15-7-11-19(12-8-15)31(27,28)22-13-17-5-4-6-21(29-3)23(17)30-24(22)26-20-14-18(25)10-9-16(20)2/h4-14H,1-3H3. The van der Waals surface area contributed by atoms with Crippen LogP contribution in [0.25, 0.3) is 11.0 Å². The molecule has 0 atom stereocenters. The SMILES string of the molecule is COc1cccc2cc(S(=O)(=O)c3ccc(C)cc3)c(=Nc3cc(Cl)ccc3C)oc12. The minimum atomic E-state index is -3.90. The van der Waals surface area contributed by atoms with E-state index in [1.807, 2.05) is 19.9 Å². The van der Waals surface area contributed by atoms with Crippen LogP contribution in [0.15, 0.2) is 85.9 Å². The first-order valence-corrected chi connectivity index (χ1v) is 11.4. The zero-order valence-electron chi connectivity index (χ0n) is 17.2. The fourth-order valence-electron chi connectivity index (χ4n) is 3.19. The van der Waals surface area contributed by atoms with Crippen LogP contribution < -0.4 is 10.3 Å². The Bertz CT molecular complexity index is 1460. The van der Waals surface area contributed by atoms with Crippen molar-refractivity contribution in [1.82, 2.24) is 0 Å². The Kier molecular flexibility index (Phi) is 5.60. The number of benzene rings is 3. The average Bonchev–Trinajstić information content (AvgIpc) is 2.75. The second kappa shape index (κ2) is 8.21. The van der Waals surface area contributed by atoms with Crippen molar-refractivity contribution in [3.63, 3.8) is 0 Å². The van der Waals surface area contributed by atoms with Crippen LogP contribution in [-0.2, 0) is 9.84 Å². The second-order valence-corrected chi connectivity index (χ2v) is 9.51. The van der Waals surface area contributed by atoms with Gasteiger partial charge in [-0.1, -0.05) is 47.5 Å². The molecule has 0 aliphatic carbocycles. The number of fused-ring (bicyclic) bond motifs is 1. The molecule has 0 radical (unpaired) electrons. The van der Waals surface area contributed by atoms with Crippen molar-refractivity contribution in [3.8, 4) is 5.75 Å². The maximum atomic E-state index is 13.5. The number of ether oxygens (including phenoxy) is 1. The summed E-state index contributed by atoms with van der Waals surface area (Å²) in [5.74, 6) is 0.482. The summed E-state index contributed by atoms with van der Waals surface area (Å²) in [6.45, 7) is 3.77. The minimum Gasteiger partial charge on any atom is -0.493 e. The molecule has 0 amide bonds. The van der Waals surface area contributed by atoms with Crippen LogP contribution in [0, 0.1) is 13.8 Å². The smallest absolute Gasteiger partial charge is 0.239 e. The van der Waals surface area contributed by atoms with Gasteiger partial charge < -0.3 is 9.15 Å². The molecule has 0 bridgehead atoms. The summed E-state index contributed by atoms with van der Waals surface area (Å²) in [6, 6.07) is 18.8. The van der Waals surface area contributed by atoms with Crippen LogP contribution in [0.5, 0.6) is 5.75 Å². The first kappa shape index (κ1) is 21.2. The third kappa shape index (κ3) is 4.09. The van der Waals surface area contributed by atoms with Crippen molar-refractivity contribution in [2.75, 3.05) is 7.11 Å². The van der Waals surface area contributed by atoms with E-state index >= 15 is 0 Å². The van der Waals surface area contributed by atoms with Crippen molar-refractivity contribution >= 4 is 38.1 Å². The van der Waals surface area contributed by atoms with Gasteiger partial charge in [-0.3, -0.25) is 0 Å². The summed E-state index contributed by atoms with van der Waals surface area (Å²) in [4.78, 5) is 4.68. The number of para-hydroxylation sites is 1. The quantitative estimate of drug-likeness (QED) is 0.393. The number of hydrogen-bond acceptors (Lipinski definition) is 5. The van der Waals surface area contributed by atoms with E-state index in [4.69, 9.17) is 20.8 Å². The lowest BCUT2D eigenvalue weighted by atomic mass is 10.2. The Hall–Kier alpha value is -3.09. The zero-order chi connectivity index (χ0) is 22.2. The second-order valence-electron chi connectivity index (χ2n) is 7.15. The van der Waals surface area contributed by atoms with E-state index in [9.17, 15) is 8.42 Å². The molecule has 0 unspecified atom stereocenters. The van der Waals surface area contributed by atoms with Gasteiger partial charge in [0, 0.05) is 10.4 Å². The third-order valence-corrected chi connectivity index (χ3v) is 6.94. The summed E-state index contributed by atoms with van der Waals surface area (Å²) >= 11 is 6.14. The summed E-state index contributed by atoms with van der Waals surface area (Å²) in [5, 5.41) is 1.08. The highest BCUT2D eigenvalue weighted by Crippen LogP contribution is 2.29. The van der Waals surface area contributed by atoms with Gasteiger partial charge in [0.05, 0.1) is 17.7 Å². The van der Waals surface area contributed by atoms with Crippen LogP contribution >= 0.6 is 11.6 Å². The highest BCUT2D eigenvalue weighted by Gasteiger charge is 2.23. The molecule has 4 aromatic rings. The summed E-state index contributed by atoms with van der Waals surface area (Å²) in [5.41, 5.74) is 2.69. The Morgan fingerprint density at radius 2 is 1.71 bits per heavy atom. The first-order chi connectivity index (χ1) is 14.8. The molecule has 1 heterocycles. The molecule has 0 fully saturated rings. The molecular formula is C24H20ClNO4S. The molecular weight excluding hydrogens is 434 g/mol. The molecule has 0 spiro atoms. The minimum absolute atomic E-state index is 0.0310. The molecule has 4 rings (SSSR count). The lowest BCUT2D eigenvalue weighted by molar-refractivity contribution is 0.404. The molecule has 7 heteroatoms. The molecule has 31 heavy (non-hydrogen) atoms. The number of halogens is 1. The van der Waals surface area contributed by atoms with Crippen LogP contribution in [0.3, 0.4) is 0 Å². The van der Waals surface area contributed by atoms with Gasteiger partial charge in [0.1, 0.15) is 4.90 Å². The van der Waals surface area contributed by atoms with Crippen molar-refractivity contribution in [2.45, 2.75) is 23.6 Å². The van der Waals surface area contributed by atoms with E-state index in [0.29, 0.717) is 27.4 Å². The van der Waals surface area contributed by atoms with Gasteiger partial charge in [-0.05, 0) is 55.8 Å². The van der Waals surface area contributed by atoms with Gasteiger partial charge in [0.2, 0.25) is 15.4 Å². The maximum Gasteiger partial charge on any atom is 0.239 e. The van der Waals surface area contributed by atoms with Crippen LogP contribution in [0.4, 0.5) is 5.69 Å². The first-order valence-electron chi connectivity index (χ1n) is 9.53. The maximum absolute atomic E-state index is 13.5. The number of aryl methyl sites for hydroxylation is 2. The monoisotopic (exact) mass is 453 g/mol. The van der Waals surface area contributed by atoms with E-state index in [1.54, 1.807) is 60.7 Å². The van der Waals surface area contributed by atoms with Crippen molar-refractivity contribution in [3.05, 3.63) is 88.4 Å². The molecule has 0 saturated carbocycles. The zero-order valence-corrected chi connectivity index (χ0v) is 18.8. The third-order valence-electron chi connectivity index (χ3n) is 4.94. The molecule has 158 valence electrons. The summed E-state index contributed by atoms with van der Waals surface area (Å²) < 4.78 is 38.5. The Balaban J connectivity index is 2.08. The fourth-order valence-corrected chi connectivity index (χ4v) is 4.71. The van der Waals surface area contributed by atoms with E-state index in [0.717, 1.165) is 11.1 Å². The van der Waals surface area contributed by atoms with E-state index in [-0.39, 0.29) is 15.3 Å². The lowest BCUT2D eigenvalue weighted by Gasteiger charge is -2.09. The van der Waals surface area contributed by atoms with E-state index < -0.39 is 9.84 Å². The number of methoxy groups -OCH3 is 1. The summed E-state index contributed by atoms with van der Waals surface area (Å²) in [6.07, 6.45) is 0. The average molecular weight is 454 g/mol. The van der Waals surface area contributed by atoms with Crippen LogP contribution in [0.2, 0.25) is 5.02 Å². The lowest BCUT2D eigenvalue weighted by Crippen LogP contribution is -2.16. The molecule has 0 N–H and O–H groups in total. The number of sulfone groups is 1. The van der Waals surface area contributed by atoms with Gasteiger partial charge in [-0.2, -0.15) is 0 Å². The van der Waals surface area contributed by atoms with E-state index in [1.165, 1.54) is 7.11 Å². The highest BCUT2D eigenvalue weighted by atomic mass is 35.5. The van der Waals surface area contributed by atoms with Gasteiger partial charge in [0.15, 0.2) is 11.3 Å². The topological polar surface area (TPSA) is 68.9 Å². The predicted molar refractivity (Wildman–Crippen MR) is 121 cm³/mol. The number of rotatable bonds is 4. The van der Waals surface area contributed by atoms with Crippen LogP contribution in [0.1, 0.15) is 11.1 Å². The Morgan fingerprint density at radius 3 is 2.42 bits per heavy atom. The normalized spacial score (nSPS) is 12.3. The number of hydrogen-bond donors (Lipinski definition) is 0. The molecule has 0 aliphatic heterocycles. The Morgan fingerprint density at radius 1 is 0.968 bits per heavy atom. The fraction of sp³-hybridized carbons (Fsp3) is 0.125.